The molecule has 3 aliphatic heterocycles. The van der Waals surface area contributed by atoms with Crippen LogP contribution in [0.1, 0.15) is 47.0 Å². The Bertz CT molecular complexity index is 1360. The van der Waals surface area contributed by atoms with Crippen LogP contribution in [-0.4, -0.2) is 96.6 Å². The van der Waals surface area contributed by atoms with E-state index in [4.69, 9.17) is 19.4 Å². The molecule has 1 N–H and O–H groups in total. The highest BCUT2D eigenvalue weighted by Crippen LogP contribution is 2.45. The second-order valence-corrected chi connectivity index (χ2v) is 15.2. The van der Waals surface area contributed by atoms with Crippen LogP contribution >= 0.6 is 38.5 Å². The van der Waals surface area contributed by atoms with Crippen LogP contribution < -0.4 is 15.0 Å². The number of alkyl halides is 3. The van der Waals surface area contributed by atoms with Crippen molar-refractivity contribution in [3.05, 3.63) is 14.1 Å². The first-order valence-corrected chi connectivity index (χ1v) is 16.5. The van der Waals surface area contributed by atoms with Crippen molar-refractivity contribution in [2.45, 2.75) is 64.8 Å². The van der Waals surface area contributed by atoms with Crippen molar-refractivity contribution in [3.8, 4) is 5.75 Å². The fourth-order valence-corrected chi connectivity index (χ4v) is 7.19. The predicted octanol–water partition coefficient (Wildman–Crippen LogP) is 6.53. The summed E-state index contributed by atoms with van der Waals surface area (Å²) in [6, 6.07) is 2.03. The number of hydrogen-bond acceptors (Lipinski definition) is 8. The third-order valence-corrected chi connectivity index (χ3v) is 10.8. The predicted molar refractivity (Wildman–Crippen MR) is 172 cm³/mol. The van der Waals surface area contributed by atoms with Crippen LogP contribution in [0.15, 0.2) is 10.5 Å². The van der Waals surface area contributed by atoms with E-state index in [9.17, 15) is 18.0 Å². The molecule has 1 spiro atoms. The number of carbonyl (C=O) groups excluding carboxylic acids is 1. The Hall–Kier alpha value is -1.81. The average molecular weight is 783 g/mol. The highest BCUT2D eigenvalue weighted by Gasteiger charge is 2.48. The average Bonchev–Trinajstić information content (AvgIpc) is 2.87. The van der Waals surface area contributed by atoms with Gasteiger partial charge in [-0.25, -0.2) is 9.78 Å². The Morgan fingerprint density at radius 2 is 1.86 bits per heavy atom. The number of benzene rings is 1. The molecule has 238 valence electrons. The molecule has 3 fully saturated rings. The summed E-state index contributed by atoms with van der Waals surface area (Å²) in [6.45, 7) is 10.9. The number of aromatic nitrogens is 2. The maximum absolute atomic E-state index is 13.2. The fraction of sp³-hybridized carbons (Fsp3) is 0.690. The van der Waals surface area contributed by atoms with Gasteiger partial charge in [0, 0.05) is 53.1 Å². The third kappa shape index (κ3) is 7.54. The lowest BCUT2D eigenvalue weighted by molar-refractivity contribution is -0.153. The van der Waals surface area contributed by atoms with E-state index in [-0.39, 0.29) is 23.3 Å². The topological polar surface area (TPSA) is 83.1 Å². The van der Waals surface area contributed by atoms with Gasteiger partial charge in [0.1, 0.15) is 16.9 Å². The molecule has 14 heteroatoms. The van der Waals surface area contributed by atoms with Crippen LogP contribution in [0.4, 0.5) is 29.7 Å². The quantitative estimate of drug-likeness (QED) is 0.344. The highest BCUT2D eigenvalue weighted by molar-refractivity contribution is 14.1. The molecular weight excluding hydrogens is 744 g/mol. The van der Waals surface area contributed by atoms with E-state index >= 15 is 0 Å². The molecular formula is C29H39BrF3IN6O3. The lowest BCUT2D eigenvalue weighted by Gasteiger charge is -2.53. The van der Waals surface area contributed by atoms with Crippen LogP contribution in [-0.2, 0) is 4.74 Å². The number of nitrogens with zero attached hydrogens (tertiary/aromatic N) is 5. The summed E-state index contributed by atoms with van der Waals surface area (Å²) in [4.78, 5) is 28.5. The molecule has 2 atom stereocenters. The van der Waals surface area contributed by atoms with Crippen molar-refractivity contribution in [3.63, 3.8) is 0 Å². The lowest BCUT2D eigenvalue weighted by Crippen LogP contribution is -2.62. The first-order valence-electron chi connectivity index (χ1n) is 14.6. The number of rotatable bonds is 5. The van der Waals surface area contributed by atoms with Gasteiger partial charge in [-0.15, -0.1) is 0 Å². The smallest absolute Gasteiger partial charge is 0.422 e. The summed E-state index contributed by atoms with van der Waals surface area (Å²) in [5, 5.41) is 4.15. The van der Waals surface area contributed by atoms with Crippen molar-refractivity contribution >= 4 is 67.3 Å². The molecule has 3 aliphatic rings. The van der Waals surface area contributed by atoms with Crippen molar-refractivity contribution in [1.82, 2.24) is 19.8 Å². The minimum Gasteiger partial charge on any atom is -0.481 e. The number of carbonyl (C=O) groups is 1. The molecule has 2 aromatic rings. The second-order valence-electron chi connectivity index (χ2n) is 13.3. The van der Waals surface area contributed by atoms with Crippen molar-refractivity contribution in [1.29, 1.82) is 0 Å². The molecule has 0 bridgehead atoms. The number of halogens is 5. The van der Waals surface area contributed by atoms with E-state index in [1.54, 1.807) is 4.90 Å². The minimum atomic E-state index is -4.50. The van der Waals surface area contributed by atoms with Crippen LogP contribution in [0.5, 0.6) is 5.75 Å². The summed E-state index contributed by atoms with van der Waals surface area (Å²) in [6.07, 6.45) is -2.16. The van der Waals surface area contributed by atoms with E-state index in [0.717, 1.165) is 32.4 Å². The standard InChI is InChI=1S/C29H39BrF3IN6O3/c1-17-13-38(5)9-6-20(17)35-25-36-22-18(12-19(34)21(30)23(22)42-16-29(31,32)33)24(37-25)39-10-7-28(8-11-39)14-40(15-28)26(41)43-27(2,3)4/h12,17,20H,6-11,13-16H2,1-5H3,(H,35,36,37). The van der Waals surface area contributed by atoms with Crippen LogP contribution in [0.3, 0.4) is 0 Å². The number of anilines is 2. The molecule has 0 aliphatic carbocycles. The Morgan fingerprint density at radius 3 is 2.47 bits per heavy atom. The summed E-state index contributed by atoms with van der Waals surface area (Å²) in [5.74, 6) is 1.46. The maximum Gasteiger partial charge on any atom is 0.422 e. The summed E-state index contributed by atoms with van der Waals surface area (Å²) in [5.41, 5.74) is -0.173. The maximum atomic E-state index is 13.2. The molecule has 1 aromatic heterocycles. The molecule has 1 amide bonds. The van der Waals surface area contributed by atoms with Gasteiger partial charge in [-0.2, -0.15) is 18.2 Å². The molecule has 0 radical (unpaired) electrons. The summed E-state index contributed by atoms with van der Waals surface area (Å²) >= 11 is 5.54. The Kier molecular flexibility index (Phi) is 9.23. The van der Waals surface area contributed by atoms with E-state index in [1.807, 2.05) is 26.8 Å². The highest BCUT2D eigenvalue weighted by atomic mass is 127. The summed E-state index contributed by atoms with van der Waals surface area (Å²) in [7, 11) is 2.10. The zero-order valence-electron chi connectivity index (χ0n) is 25.2. The molecule has 5 rings (SSSR count). The van der Waals surface area contributed by atoms with Gasteiger partial charge in [-0.05, 0) is 104 Å². The van der Waals surface area contributed by atoms with Crippen molar-refractivity contribution < 1.29 is 27.4 Å². The minimum absolute atomic E-state index is 0.0271. The molecule has 2 unspecified atom stereocenters. The molecule has 3 saturated heterocycles. The zero-order valence-corrected chi connectivity index (χ0v) is 28.9. The number of nitrogens with one attached hydrogen (secondary N) is 1. The van der Waals surface area contributed by atoms with Gasteiger partial charge in [0.05, 0.1) is 4.47 Å². The van der Waals surface area contributed by atoms with E-state index in [0.29, 0.717) is 62.8 Å². The van der Waals surface area contributed by atoms with E-state index in [2.05, 4.69) is 67.6 Å². The monoisotopic (exact) mass is 782 g/mol. The van der Waals surface area contributed by atoms with Gasteiger partial charge in [-0.1, -0.05) is 6.92 Å². The van der Waals surface area contributed by atoms with Gasteiger partial charge in [0.25, 0.3) is 0 Å². The van der Waals surface area contributed by atoms with Gasteiger partial charge in [0.15, 0.2) is 12.4 Å². The largest absolute Gasteiger partial charge is 0.481 e. The van der Waals surface area contributed by atoms with Gasteiger partial charge in [0.2, 0.25) is 5.95 Å². The fourth-order valence-electron chi connectivity index (χ4n) is 6.22. The first kappa shape index (κ1) is 32.6. The number of ether oxygens (including phenoxy) is 2. The molecule has 43 heavy (non-hydrogen) atoms. The normalized spacial score (nSPS) is 22.9. The van der Waals surface area contributed by atoms with Crippen LogP contribution in [0.2, 0.25) is 0 Å². The number of hydrogen-bond donors (Lipinski definition) is 1. The zero-order chi connectivity index (χ0) is 31.3. The van der Waals surface area contributed by atoms with Gasteiger partial charge >= 0.3 is 12.3 Å². The van der Waals surface area contributed by atoms with E-state index in [1.165, 1.54) is 0 Å². The number of amides is 1. The number of fused-ring (bicyclic) bond motifs is 1. The molecule has 4 heterocycles. The second kappa shape index (κ2) is 12.2. The third-order valence-electron chi connectivity index (χ3n) is 8.45. The Balaban J connectivity index is 1.43. The Morgan fingerprint density at radius 1 is 1.19 bits per heavy atom. The van der Waals surface area contributed by atoms with Gasteiger partial charge < -0.3 is 29.5 Å². The first-order chi connectivity index (χ1) is 20.0. The van der Waals surface area contributed by atoms with Gasteiger partial charge in [-0.3, -0.25) is 0 Å². The Labute approximate surface area is 272 Å². The number of piperidine rings is 2. The van der Waals surface area contributed by atoms with Crippen molar-refractivity contribution in [2.24, 2.45) is 11.3 Å². The van der Waals surface area contributed by atoms with E-state index < -0.39 is 18.4 Å². The number of likely N-dealkylation sites (tertiary alicyclic amines) is 2. The molecule has 0 saturated carbocycles. The van der Waals surface area contributed by atoms with Crippen LogP contribution in [0, 0.1) is 14.9 Å². The summed E-state index contributed by atoms with van der Waals surface area (Å²) < 4.78 is 51.8. The van der Waals surface area contributed by atoms with Crippen LogP contribution in [0.25, 0.3) is 10.9 Å². The van der Waals surface area contributed by atoms with Crippen molar-refractivity contribution in [2.75, 3.05) is 63.1 Å². The molecule has 9 nitrogen and oxygen atoms in total. The molecule has 1 aromatic carbocycles. The SMILES string of the molecule is CC1CN(C)CCC1Nc1nc(N2CCC3(CC2)CN(C(=O)OC(C)(C)C)C3)c2cc(I)c(Br)c(OCC(F)(F)F)c2n1. The lowest BCUT2D eigenvalue weighted by atomic mass is 9.72.